The van der Waals surface area contributed by atoms with Crippen LogP contribution in [-0.4, -0.2) is 17.2 Å². The van der Waals surface area contributed by atoms with Crippen LogP contribution >= 0.6 is 0 Å². The lowest BCUT2D eigenvalue weighted by Gasteiger charge is -2.32. The maximum Gasteiger partial charge on any atom is 0.166 e. The van der Waals surface area contributed by atoms with Crippen LogP contribution in [0.4, 0.5) is 0 Å². The summed E-state index contributed by atoms with van der Waals surface area (Å²) in [4.78, 5) is 15.7. The molecule has 0 bridgehead atoms. The Morgan fingerprint density at radius 2 is 1.88 bits per heavy atom. The monoisotopic (exact) mass is 355 g/mol. The van der Waals surface area contributed by atoms with Gasteiger partial charge in [0.05, 0.1) is 0 Å². The number of hydrogen-bond donors (Lipinski definition) is 0. The Hall–Kier alpha value is -1.31. The largest absolute Gasteiger partial charge is 0.345 e. The van der Waals surface area contributed by atoms with E-state index in [0.717, 1.165) is 37.3 Å². The van der Waals surface area contributed by atoms with E-state index in [4.69, 9.17) is 0 Å². The molecule has 26 heavy (non-hydrogen) atoms. The van der Waals surface area contributed by atoms with Gasteiger partial charge in [-0.3, -0.25) is 4.79 Å². The third kappa shape index (κ3) is 3.44. The Morgan fingerprint density at radius 1 is 1.23 bits per heavy atom. The predicted molar refractivity (Wildman–Crippen MR) is 110 cm³/mol. The van der Waals surface area contributed by atoms with Gasteiger partial charge in [-0.15, -0.1) is 0 Å². The number of Topliss-reactive ketones (excluding diaryl/α,β-unsaturated/α-hetero) is 1. The van der Waals surface area contributed by atoms with Crippen molar-refractivity contribution >= 4 is 5.78 Å². The van der Waals surface area contributed by atoms with Crippen LogP contribution in [0, 0.1) is 23.2 Å². The van der Waals surface area contributed by atoms with Crippen LogP contribution < -0.4 is 0 Å². The van der Waals surface area contributed by atoms with Crippen LogP contribution in [0.2, 0.25) is 0 Å². The standard InChI is InChI=1S/C24H37NO/c1-7-17(4)25-15-24(5,6)22-20(8-2)23(26)19(14-21(22)25)13-18-11-9-16(3)10-12-18/h14,16,18,20H,4,7-13,15H2,1-3,5-6H3. The Kier molecular flexibility index (Phi) is 5.51. The van der Waals surface area contributed by atoms with E-state index in [2.05, 4.69) is 52.2 Å². The topological polar surface area (TPSA) is 20.3 Å². The lowest BCUT2D eigenvalue weighted by molar-refractivity contribution is -0.119. The van der Waals surface area contributed by atoms with Crippen molar-refractivity contribution in [2.75, 3.05) is 6.54 Å². The van der Waals surface area contributed by atoms with Crippen molar-refractivity contribution in [1.29, 1.82) is 0 Å². The minimum atomic E-state index is 0.0477. The second kappa shape index (κ2) is 7.37. The Labute approximate surface area is 160 Å². The van der Waals surface area contributed by atoms with Crippen molar-refractivity contribution in [2.45, 2.75) is 79.6 Å². The van der Waals surface area contributed by atoms with Gasteiger partial charge in [0.1, 0.15) is 0 Å². The molecule has 2 aliphatic carbocycles. The highest BCUT2D eigenvalue weighted by Gasteiger charge is 2.45. The second-order valence-corrected chi connectivity index (χ2v) is 9.51. The first kappa shape index (κ1) is 19.5. The van der Waals surface area contributed by atoms with Gasteiger partial charge in [0.2, 0.25) is 0 Å². The highest BCUT2D eigenvalue weighted by molar-refractivity contribution is 6.01. The third-order valence-corrected chi connectivity index (χ3v) is 6.98. The van der Waals surface area contributed by atoms with E-state index in [1.807, 2.05) is 0 Å². The number of nitrogens with zero attached hydrogens (tertiary/aromatic N) is 1. The molecule has 3 aliphatic rings. The fourth-order valence-corrected chi connectivity index (χ4v) is 5.32. The van der Waals surface area contributed by atoms with Crippen molar-refractivity contribution in [2.24, 2.45) is 23.2 Å². The first-order chi connectivity index (χ1) is 12.3. The number of ketones is 1. The number of hydrogen-bond acceptors (Lipinski definition) is 2. The SMILES string of the molecule is C=C(CC)N1CC(C)(C)C2=C1C=C(CC1CCC(C)CC1)C(=O)C2CC. The molecule has 0 N–H and O–H groups in total. The van der Waals surface area contributed by atoms with Gasteiger partial charge in [-0.1, -0.05) is 54.0 Å². The molecule has 0 saturated heterocycles. The Morgan fingerprint density at radius 3 is 2.46 bits per heavy atom. The molecule has 0 radical (unpaired) electrons. The molecule has 0 aromatic heterocycles. The van der Waals surface area contributed by atoms with Crippen LogP contribution in [0.1, 0.15) is 79.6 Å². The first-order valence-electron chi connectivity index (χ1n) is 10.7. The fraction of sp³-hybridized carbons (Fsp3) is 0.708. The summed E-state index contributed by atoms with van der Waals surface area (Å²) in [6, 6.07) is 0. The molecular formula is C24H37NO. The van der Waals surface area contributed by atoms with Crippen LogP contribution in [0.3, 0.4) is 0 Å². The maximum atomic E-state index is 13.3. The smallest absolute Gasteiger partial charge is 0.166 e. The van der Waals surface area contributed by atoms with Crippen LogP contribution in [0.5, 0.6) is 0 Å². The zero-order valence-electron chi connectivity index (χ0n) is 17.5. The van der Waals surface area contributed by atoms with Gasteiger partial charge in [0.25, 0.3) is 0 Å². The zero-order valence-corrected chi connectivity index (χ0v) is 17.5. The van der Waals surface area contributed by atoms with Gasteiger partial charge < -0.3 is 4.90 Å². The van der Waals surface area contributed by atoms with Crippen molar-refractivity contribution in [1.82, 2.24) is 4.90 Å². The molecule has 0 amide bonds. The molecule has 1 atom stereocenters. The molecule has 3 rings (SSSR count). The molecule has 2 nitrogen and oxygen atoms in total. The third-order valence-electron chi connectivity index (χ3n) is 6.98. The molecular weight excluding hydrogens is 318 g/mol. The summed E-state index contributed by atoms with van der Waals surface area (Å²) in [6.07, 6.45) is 10.3. The average Bonchev–Trinajstić information content (AvgIpc) is 2.88. The van der Waals surface area contributed by atoms with Crippen LogP contribution in [-0.2, 0) is 4.79 Å². The van der Waals surface area contributed by atoms with Gasteiger partial charge in [-0.25, -0.2) is 0 Å². The molecule has 1 fully saturated rings. The van der Waals surface area contributed by atoms with Gasteiger partial charge in [0, 0.05) is 29.3 Å². The number of rotatable bonds is 5. The van der Waals surface area contributed by atoms with Gasteiger partial charge >= 0.3 is 0 Å². The maximum absolute atomic E-state index is 13.3. The summed E-state index contributed by atoms with van der Waals surface area (Å²) >= 11 is 0. The highest BCUT2D eigenvalue weighted by atomic mass is 16.1. The van der Waals surface area contributed by atoms with E-state index >= 15 is 0 Å². The van der Waals surface area contributed by atoms with E-state index in [1.54, 1.807) is 0 Å². The quantitative estimate of drug-likeness (QED) is 0.580. The molecule has 1 unspecified atom stereocenters. The average molecular weight is 356 g/mol. The number of allylic oxidation sites excluding steroid dienone is 3. The second-order valence-electron chi connectivity index (χ2n) is 9.51. The van der Waals surface area contributed by atoms with Crippen molar-refractivity contribution in [3.05, 3.63) is 35.2 Å². The molecule has 1 aliphatic heterocycles. The van der Waals surface area contributed by atoms with Gasteiger partial charge in [0.15, 0.2) is 5.78 Å². The number of carbonyl (C=O) groups excluding carboxylic acids is 1. The lowest BCUT2D eigenvalue weighted by Crippen LogP contribution is -2.30. The molecule has 1 saturated carbocycles. The summed E-state index contributed by atoms with van der Waals surface area (Å²) in [6.45, 7) is 16.6. The summed E-state index contributed by atoms with van der Waals surface area (Å²) in [5, 5.41) is 0. The summed E-state index contributed by atoms with van der Waals surface area (Å²) in [5.74, 6) is 2.02. The summed E-state index contributed by atoms with van der Waals surface area (Å²) < 4.78 is 0. The molecule has 2 heteroatoms. The molecule has 0 aromatic carbocycles. The minimum Gasteiger partial charge on any atom is -0.345 e. The minimum absolute atomic E-state index is 0.0477. The molecule has 0 aromatic rings. The highest BCUT2D eigenvalue weighted by Crippen LogP contribution is 2.49. The van der Waals surface area contributed by atoms with Gasteiger partial charge in [-0.2, -0.15) is 0 Å². The lowest BCUT2D eigenvalue weighted by atomic mass is 9.70. The fourth-order valence-electron chi connectivity index (χ4n) is 5.32. The first-order valence-corrected chi connectivity index (χ1v) is 10.7. The van der Waals surface area contributed by atoms with Crippen molar-refractivity contribution in [3.63, 3.8) is 0 Å². The van der Waals surface area contributed by atoms with E-state index in [0.29, 0.717) is 11.7 Å². The summed E-state index contributed by atoms with van der Waals surface area (Å²) in [5.41, 5.74) is 4.97. The van der Waals surface area contributed by atoms with Crippen LogP contribution in [0.15, 0.2) is 35.2 Å². The Balaban J connectivity index is 1.93. The zero-order chi connectivity index (χ0) is 19.1. The van der Waals surface area contributed by atoms with Crippen LogP contribution in [0.25, 0.3) is 0 Å². The van der Waals surface area contributed by atoms with E-state index < -0.39 is 0 Å². The van der Waals surface area contributed by atoms with E-state index in [-0.39, 0.29) is 11.3 Å². The van der Waals surface area contributed by atoms with E-state index in [1.165, 1.54) is 42.7 Å². The number of carbonyl (C=O) groups is 1. The van der Waals surface area contributed by atoms with Gasteiger partial charge in [-0.05, 0) is 61.2 Å². The molecule has 0 spiro atoms. The Bertz CT molecular complexity index is 643. The summed E-state index contributed by atoms with van der Waals surface area (Å²) in [7, 11) is 0. The van der Waals surface area contributed by atoms with Crippen molar-refractivity contribution < 1.29 is 4.79 Å². The predicted octanol–water partition coefficient (Wildman–Crippen LogP) is 6.26. The normalized spacial score (nSPS) is 31.1. The van der Waals surface area contributed by atoms with E-state index in [9.17, 15) is 4.79 Å². The molecule has 144 valence electrons. The molecule has 1 heterocycles. The van der Waals surface area contributed by atoms with Crippen molar-refractivity contribution in [3.8, 4) is 0 Å².